The predicted molar refractivity (Wildman–Crippen MR) is 108 cm³/mol. The van der Waals surface area contributed by atoms with Crippen LogP contribution in [0.1, 0.15) is 15.9 Å². The van der Waals surface area contributed by atoms with Crippen LogP contribution in [-0.4, -0.2) is 33.8 Å². The second kappa shape index (κ2) is 9.32. The van der Waals surface area contributed by atoms with Crippen LogP contribution < -0.4 is 16.0 Å². The lowest BCUT2D eigenvalue weighted by Gasteiger charge is -2.10. The van der Waals surface area contributed by atoms with Gasteiger partial charge in [-0.3, -0.25) is 35.1 Å². The summed E-state index contributed by atoms with van der Waals surface area (Å²) in [7, 11) is 1.54. The van der Waals surface area contributed by atoms with E-state index in [-0.39, 0.29) is 23.0 Å². The molecule has 0 bridgehead atoms. The summed E-state index contributed by atoms with van der Waals surface area (Å²) in [4.78, 5) is 43.8. The van der Waals surface area contributed by atoms with Crippen LogP contribution in [0.3, 0.4) is 0 Å². The summed E-state index contributed by atoms with van der Waals surface area (Å²) < 4.78 is 0. The van der Waals surface area contributed by atoms with E-state index in [9.17, 15) is 29.8 Å². The number of nitro benzene ring substituents is 2. The van der Waals surface area contributed by atoms with Crippen molar-refractivity contribution in [3.05, 3.63) is 73.8 Å². The van der Waals surface area contributed by atoms with Crippen LogP contribution in [-0.2, 0) is 11.2 Å². The Labute approximate surface area is 169 Å². The molecule has 2 aromatic carbocycles. The second-order valence-corrected chi connectivity index (χ2v) is 6.12. The summed E-state index contributed by atoms with van der Waals surface area (Å²) >= 11 is 5.03. The first-order valence-corrected chi connectivity index (χ1v) is 8.46. The van der Waals surface area contributed by atoms with Crippen molar-refractivity contribution in [2.45, 2.75) is 6.42 Å². The van der Waals surface area contributed by atoms with Gasteiger partial charge in [0.2, 0.25) is 5.91 Å². The van der Waals surface area contributed by atoms with Crippen molar-refractivity contribution in [1.82, 2.24) is 10.6 Å². The molecule has 0 unspecified atom stereocenters. The van der Waals surface area contributed by atoms with Gasteiger partial charge in [-0.2, -0.15) is 0 Å². The largest absolute Gasteiger partial charge is 0.359 e. The van der Waals surface area contributed by atoms with Crippen molar-refractivity contribution in [2.75, 3.05) is 12.4 Å². The minimum absolute atomic E-state index is 0.108. The molecule has 2 aromatic rings. The van der Waals surface area contributed by atoms with E-state index in [2.05, 4.69) is 16.0 Å². The fourth-order valence-electron chi connectivity index (χ4n) is 2.25. The van der Waals surface area contributed by atoms with E-state index in [1.165, 1.54) is 7.05 Å². The van der Waals surface area contributed by atoms with Crippen LogP contribution in [0.25, 0.3) is 0 Å². The van der Waals surface area contributed by atoms with Crippen molar-refractivity contribution in [2.24, 2.45) is 0 Å². The average Bonchev–Trinajstić information content (AvgIpc) is 2.68. The van der Waals surface area contributed by atoms with Gasteiger partial charge >= 0.3 is 0 Å². The number of hydrogen-bond donors (Lipinski definition) is 3. The lowest BCUT2D eigenvalue weighted by Crippen LogP contribution is -2.34. The number of rotatable bonds is 6. The minimum Gasteiger partial charge on any atom is -0.359 e. The quantitative estimate of drug-likeness (QED) is 0.365. The molecule has 0 radical (unpaired) electrons. The number of hydrogen-bond acceptors (Lipinski definition) is 7. The van der Waals surface area contributed by atoms with Crippen LogP contribution in [0.15, 0.2) is 42.5 Å². The number of carbonyl (C=O) groups is 2. The molecule has 0 saturated carbocycles. The number of anilines is 1. The Balaban J connectivity index is 2.07. The van der Waals surface area contributed by atoms with Crippen molar-refractivity contribution >= 4 is 46.2 Å². The van der Waals surface area contributed by atoms with Gasteiger partial charge in [0.05, 0.1) is 27.9 Å². The zero-order valence-corrected chi connectivity index (χ0v) is 15.8. The molecule has 0 spiro atoms. The van der Waals surface area contributed by atoms with Crippen LogP contribution >= 0.6 is 12.2 Å². The molecule has 11 nitrogen and oxygen atoms in total. The van der Waals surface area contributed by atoms with Gasteiger partial charge in [0, 0.05) is 24.9 Å². The summed E-state index contributed by atoms with van der Waals surface area (Å²) in [5.74, 6) is -0.981. The van der Waals surface area contributed by atoms with E-state index in [0.29, 0.717) is 5.69 Å². The summed E-state index contributed by atoms with van der Waals surface area (Å²) in [5.41, 5.74) is -0.157. The smallest absolute Gasteiger partial charge is 0.277 e. The fourth-order valence-corrected chi connectivity index (χ4v) is 2.46. The zero-order valence-electron chi connectivity index (χ0n) is 15.0. The van der Waals surface area contributed by atoms with Gasteiger partial charge in [0.1, 0.15) is 0 Å². The van der Waals surface area contributed by atoms with Gasteiger partial charge in [-0.05, 0) is 29.9 Å². The molecule has 0 heterocycles. The number of amides is 2. The molecular weight excluding hydrogens is 402 g/mol. The van der Waals surface area contributed by atoms with Gasteiger partial charge in [-0.1, -0.05) is 12.1 Å². The molecule has 2 rings (SSSR count). The lowest BCUT2D eigenvalue weighted by molar-refractivity contribution is -0.394. The second-order valence-electron chi connectivity index (χ2n) is 5.71. The highest BCUT2D eigenvalue weighted by Crippen LogP contribution is 2.22. The number of nitro groups is 2. The third-order valence-electron chi connectivity index (χ3n) is 3.67. The van der Waals surface area contributed by atoms with E-state index >= 15 is 0 Å². The van der Waals surface area contributed by atoms with Gasteiger partial charge in [-0.25, -0.2) is 0 Å². The van der Waals surface area contributed by atoms with E-state index in [4.69, 9.17) is 12.2 Å². The highest BCUT2D eigenvalue weighted by molar-refractivity contribution is 7.80. The number of nitrogens with one attached hydrogen (secondary N) is 3. The standard InChI is InChI=1S/C17H15N5O6S/c1-18-15(23)6-10-2-4-12(5-3-10)19-17(29)20-16(24)11-7-13(21(25)26)9-14(8-11)22(27)28/h2-5,7-9H,6H2,1H3,(H,18,23)(H2,19,20,24,29). The molecular formula is C17H15N5O6S. The predicted octanol–water partition coefficient (Wildman–Crippen LogP) is 1.92. The highest BCUT2D eigenvalue weighted by Gasteiger charge is 2.20. The van der Waals surface area contributed by atoms with Crippen molar-refractivity contribution in [3.8, 4) is 0 Å². The molecule has 0 aromatic heterocycles. The highest BCUT2D eigenvalue weighted by atomic mass is 32.1. The normalized spacial score (nSPS) is 9.97. The van der Waals surface area contributed by atoms with Gasteiger partial charge < -0.3 is 10.6 Å². The molecule has 29 heavy (non-hydrogen) atoms. The third kappa shape index (κ3) is 6.04. The first-order valence-electron chi connectivity index (χ1n) is 8.05. The first kappa shape index (κ1) is 21.4. The molecule has 2 amide bonds. The number of likely N-dealkylation sites (N-methyl/N-ethyl adjacent to an activating group) is 1. The van der Waals surface area contributed by atoms with E-state index in [0.717, 1.165) is 23.8 Å². The van der Waals surface area contributed by atoms with Gasteiger partial charge in [-0.15, -0.1) is 0 Å². The third-order valence-corrected chi connectivity index (χ3v) is 3.87. The Kier molecular flexibility index (Phi) is 6.87. The van der Waals surface area contributed by atoms with Crippen LogP contribution in [0.2, 0.25) is 0 Å². The molecule has 150 valence electrons. The average molecular weight is 417 g/mol. The molecule has 0 saturated heterocycles. The Morgan fingerprint density at radius 2 is 1.55 bits per heavy atom. The molecule has 12 heteroatoms. The van der Waals surface area contributed by atoms with Gasteiger partial charge in [0.15, 0.2) is 5.11 Å². The Morgan fingerprint density at radius 1 is 1.00 bits per heavy atom. The van der Waals surface area contributed by atoms with Crippen molar-refractivity contribution in [3.63, 3.8) is 0 Å². The van der Waals surface area contributed by atoms with Crippen molar-refractivity contribution in [1.29, 1.82) is 0 Å². The first-order chi connectivity index (χ1) is 13.7. The molecule has 0 aliphatic rings. The Bertz CT molecular complexity index is 960. The molecule has 0 atom stereocenters. The van der Waals surface area contributed by atoms with Gasteiger partial charge in [0.25, 0.3) is 17.3 Å². The lowest BCUT2D eigenvalue weighted by atomic mass is 10.1. The maximum absolute atomic E-state index is 12.3. The summed E-state index contributed by atoms with van der Waals surface area (Å²) in [6, 6.07) is 9.28. The van der Waals surface area contributed by atoms with Crippen LogP contribution in [0, 0.1) is 20.2 Å². The number of nitrogens with zero attached hydrogens (tertiary/aromatic N) is 2. The number of thiocarbonyl (C=S) groups is 1. The van der Waals surface area contributed by atoms with E-state index in [1.54, 1.807) is 24.3 Å². The van der Waals surface area contributed by atoms with Crippen LogP contribution in [0.4, 0.5) is 17.1 Å². The Morgan fingerprint density at radius 3 is 2.03 bits per heavy atom. The molecule has 0 aliphatic heterocycles. The number of non-ortho nitro benzene ring substituents is 2. The molecule has 3 N–H and O–H groups in total. The topological polar surface area (TPSA) is 157 Å². The summed E-state index contributed by atoms with van der Waals surface area (Å²) in [6.07, 6.45) is 0.212. The maximum Gasteiger partial charge on any atom is 0.277 e. The monoisotopic (exact) mass is 417 g/mol. The van der Waals surface area contributed by atoms with E-state index < -0.39 is 27.1 Å². The van der Waals surface area contributed by atoms with Crippen molar-refractivity contribution < 1.29 is 19.4 Å². The SMILES string of the molecule is CNC(=O)Cc1ccc(NC(=S)NC(=O)c2cc([N+](=O)[O-])cc([N+](=O)[O-])c2)cc1. The number of carbonyl (C=O) groups excluding carboxylic acids is 2. The van der Waals surface area contributed by atoms with E-state index in [1.807, 2.05) is 0 Å². The number of benzene rings is 2. The fraction of sp³-hybridized carbons (Fsp3) is 0.118. The minimum atomic E-state index is -0.842. The zero-order chi connectivity index (χ0) is 21.6. The summed E-state index contributed by atoms with van der Waals surface area (Å²) in [6.45, 7) is 0. The van der Waals surface area contributed by atoms with Crippen LogP contribution in [0.5, 0.6) is 0 Å². The molecule has 0 fully saturated rings. The Hall–Kier alpha value is -3.93. The molecule has 0 aliphatic carbocycles. The summed E-state index contributed by atoms with van der Waals surface area (Å²) in [5, 5.41) is 29.3. The maximum atomic E-state index is 12.3.